The van der Waals surface area contributed by atoms with Crippen LogP contribution in [0.4, 0.5) is 0 Å². The molecule has 0 saturated heterocycles. The van der Waals surface area contributed by atoms with Crippen LogP contribution in [0.25, 0.3) is 11.3 Å². The number of fused-ring (bicyclic) bond motifs is 4. The van der Waals surface area contributed by atoms with Crippen molar-refractivity contribution in [3.8, 4) is 0 Å². The Morgan fingerprint density at radius 3 is 2.00 bits per heavy atom. The summed E-state index contributed by atoms with van der Waals surface area (Å²) in [6.07, 6.45) is 0. The summed E-state index contributed by atoms with van der Waals surface area (Å²) in [5.74, 6) is 0.0316. The molecule has 0 aliphatic carbocycles. The van der Waals surface area contributed by atoms with Gasteiger partial charge in [0.05, 0.1) is 11.7 Å². The van der Waals surface area contributed by atoms with E-state index < -0.39 is 0 Å². The minimum atomic E-state index is 0.0292. The molecule has 3 aromatic carbocycles. The number of carbonyl (C=O) groups excluding carboxylic acids is 1. The van der Waals surface area contributed by atoms with Crippen molar-refractivity contribution >= 4 is 17.2 Å². The molecule has 2 heterocycles. The predicted octanol–water partition coefficient (Wildman–Crippen LogP) is 4.61. The Bertz CT molecular complexity index is 1020. The lowest BCUT2D eigenvalue weighted by Gasteiger charge is -2.36. The second kappa shape index (κ2) is 5.68. The topological polar surface area (TPSA) is 23.6 Å². The third-order valence-electron chi connectivity index (χ3n) is 5.24. The van der Waals surface area contributed by atoms with Crippen LogP contribution in [-0.2, 0) is 0 Å². The van der Waals surface area contributed by atoms with Gasteiger partial charge in [-0.2, -0.15) is 0 Å². The van der Waals surface area contributed by atoms with Crippen molar-refractivity contribution in [1.29, 1.82) is 0 Å². The lowest BCUT2D eigenvalue weighted by Crippen LogP contribution is -2.44. The highest BCUT2D eigenvalue weighted by molar-refractivity contribution is 6.10. The molecule has 2 aliphatic heterocycles. The van der Waals surface area contributed by atoms with Crippen LogP contribution in [-0.4, -0.2) is 23.0 Å². The third kappa shape index (κ3) is 2.01. The van der Waals surface area contributed by atoms with Gasteiger partial charge in [0.25, 0.3) is 5.91 Å². The molecule has 5 rings (SSSR count). The average Bonchev–Trinajstić information content (AvgIpc) is 2.95. The van der Waals surface area contributed by atoms with E-state index in [0.29, 0.717) is 0 Å². The molecule has 1 atom stereocenters. The van der Waals surface area contributed by atoms with Crippen molar-refractivity contribution in [1.82, 2.24) is 10.0 Å². The highest BCUT2D eigenvalue weighted by Gasteiger charge is 2.47. The minimum absolute atomic E-state index is 0.0292. The van der Waals surface area contributed by atoms with Crippen molar-refractivity contribution in [3.05, 3.63) is 107 Å². The zero-order chi connectivity index (χ0) is 17.7. The Hall–Kier alpha value is -3.17. The fourth-order valence-electron chi connectivity index (χ4n) is 4.14. The van der Waals surface area contributed by atoms with E-state index in [1.165, 1.54) is 5.57 Å². The van der Waals surface area contributed by atoms with E-state index in [0.717, 1.165) is 28.0 Å². The Morgan fingerprint density at radius 2 is 1.31 bits per heavy atom. The second-order valence-corrected chi connectivity index (χ2v) is 6.67. The van der Waals surface area contributed by atoms with Gasteiger partial charge >= 0.3 is 0 Å². The molecule has 0 fully saturated rings. The largest absolute Gasteiger partial charge is 0.273 e. The molecular formula is C23H18N2O. The number of rotatable bonds is 2. The highest BCUT2D eigenvalue weighted by Crippen LogP contribution is 2.52. The maximum Gasteiger partial charge on any atom is 0.273 e. The molecule has 2 aliphatic rings. The molecule has 0 saturated carbocycles. The van der Waals surface area contributed by atoms with Crippen molar-refractivity contribution in [2.45, 2.75) is 6.04 Å². The van der Waals surface area contributed by atoms with Crippen LogP contribution < -0.4 is 0 Å². The van der Waals surface area contributed by atoms with Crippen LogP contribution in [0, 0.1) is 0 Å². The Balaban J connectivity index is 1.85. The van der Waals surface area contributed by atoms with Gasteiger partial charge in [-0.25, -0.2) is 10.0 Å². The number of carbonyl (C=O) groups is 1. The first-order valence-electron chi connectivity index (χ1n) is 8.78. The van der Waals surface area contributed by atoms with E-state index in [9.17, 15) is 4.79 Å². The second-order valence-electron chi connectivity index (χ2n) is 6.67. The molecular weight excluding hydrogens is 320 g/mol. The molecule has 2 bridgehead atoms. The maximum atomic E-state index is 13.3. The highest BCUT2D eigenvalue weighted by atomic mass is 16.2. The van der Waals surface area contributed by atoms with E-state index in [-0.39, 0.29) is 11.9 Å². The minimum Gasteiger partial charge on any atom is -0.267 e. The average molecular weight is 338 g/mol. The van der Waals surface area contributed by atoms with Gasteiger partial charge in [-0.15, -0.1) is 0 Å². The Kier molecular flexibility index (Phi) is 3.30. The molecule has 1 unspecified atom stereocenters. The summed E-state index contributed by atoms with van der Waals surface area (Å²) in [5, 5.41) is 3.90. The molecule has 3 aromatic rings. The van der Waals surface area contributed by atoms with Crippen molar-refractivity contribution in [3.63, 3.8) is 0 Å². The summed E-state index contributed by atoms with van der Waals surface area (Å²) in [6, 6.07) is 28.6. The predicted molar refractivity (Wildman–Crippen MR) is 103 cm³/mol. The van der Waals surface area contributed by atoms with Crippen molar-refractivity contribution in [2.24, 2.45) is 0 Å². The molecule has 0 N–H and O–H groups in total. The zero-order valence-corrected chi connectivity index (χ0v) is 14.5. The third-order valence-corrected chi connectivity index (χ3v) is 5.24. The number of likely N-dealkylation sites (N-methyl/N-ethyl adjacent to an activating group) is 1. The van der Waals surface area contributed by atoms with Crippen LogP contribution in [0.3, 0.4) is 0 Å². The molecule has 1 amide bonds. The fourth-order valence-corrected chi connectivity index (χ4v) is 4.14. The van der Waals surface area contributed by atoms with Gasteiger partial charge in [0, 0.05) is 23.7 Å². The number of nitrogens with zero attached hydrogens (tertiary/aromatic N) is 2. The lowest BCUT2D eigenvalue weighted by molar-refractivity contribution is 0.0294. The summed E-state index contributed by atoms with van der Waals surface area (Å²) in [5.41, 5.74) is 6.22. The van der Waals surface area contributed by atoms with E-state index in [2.05, 4.69) is 47.5 Å². The van der Waals surface area contributed by atoms with Gasteiger partial charge in [-0.05, 0) is 17.2 Å². The number of benzene rings is 3. The number of hydrazine groups is 1. The molecule has 0 radical (unpaired) electrons. The zero-order valence-electron chi connectivity index (χ0n) is 14.5. The van der Waals surface area contributed by atoms with Crippen molar-refractivity contribution in [2.75, 3.05) is 7.05 Å². The Morgan fingerprint density at radius 1 is 0.731 bits per heavy atom. The summed E-state index contributed by atoms with van der Waals surface area (Å²) >= 11 is 0. The van der Waals surface area contributed by atoms with E-state index in [1.54, 1.807) is 0 Å². The standard InChI is InChI=1S/C23H18N2O/c1-24-22-18-14-8-9-15-19(18)23(26)25(24)21(17-12-6-3-7-13-17)20(22)16-10-4-2-5-11-16/h2-15,22H,1H3. The Labute approximate surface area is 152 Å². The molecule has 3 heteroatoms. The quantitative estimate of drug-likeness (QED) is 0.681. The van der Waals surface area contributed by atoms with Crippen LogP contribution >= 0.6 is 0 Å². The number of hydrogen-bond acceptors (Lipinski definition) is 2. The van der Waals surface area contributed by atoms with Crippen molar-refractivity contribution < 1.29 is 4.79 Å². The molecule has 0 spiro atoms. The van der Waals surface area contributed by atoms with Gasteiger partial charge in [-0.3, -0.25) is 4.79 Å². The molecule has 26 heavy (non-hydrogen) atoms. The van der Waals surface area contributed by atoms with Crippen LogP contribution in [0.2, 0.25) is 0 Å². The van der Waals surface area contributed by atoms with Crippen LogP contribution in [0.15, 0.2) is 84.9 Å². The van der Waals surface area contributed by atoms with Crippen LogP contribution in [0.1, 0.15) is 33.1 Å². The van der Waals surface area contributed by atoms with E-state index in [1.807, 2.05) is 54.5 Å². The molecule has 3 nitrogen and oxygen atoms in total. The summed E-state index contributed by atoms with van der Waals surface area (Å²) in [4.78, 5) is 13.3. The smallest absolute Gasteiger partial charge is 0.267 e. The van der Waals surface area contributed by atoms with E-state index >= 15 is 0 Å². The maximum absolute atomic E-state index is 13.3. The van der Waals surface area contributed by atoms with E-state index in [4.69, 9.17) is 0 Å². The normalized spacial score (nSPS) is 19.0. The summed E-state index contributed by atoms with van der Waals surface area (Å²) in [6.45, 7) is 0. The van der Waals surface area contributed by atoms with Gasteiger partial charge in [-0.1, -0.05) is 78.9 Å². The summed E-state index contributed by atoms with van der Waals surface area (Å²) < 4.78 is 0. The lowest BCUT2D eigenvalue weighted by atomic mass is 9.89. The number of amides is 1. The number of hydrogen-bond donors (Lipinski definition) is 0. The van der Waals surface area contributed by atoms with Gasteiger partial charge in [0.1, 0.15) is 0 Å². The monoisotopic (exact) mass is 338 g/mol. The first-order chi connectivity index (χ1) is 12.8. The van der Waals surface area contributed by atoms with Gasteiger partial charge in [0.15, 0.2) is 0 Å². The fraction of sp³-hybridized carbons (Fsp3) is 0.0870. The van der Waals surface area contributed by atoms with Crippen LogP contribution in [0.5, 0.6) is 0 Å². The van der Waals surface area contributed by atoms with Gasteiger partial charge < -0.3 is 0 Å². The first kappa shape index (κ1) is 15.1. The molecule has 0 aromatic heterocycles. The first-order valence-corrected chi connectivity index (χ1v) is 8.78. The van der Waals surface area contributed by atoms with Gasteiger partial charge in [0.2, 0.25) is 0 Å². The molecule has 126 valence electrons. The SMILES string of the molecule is CN1C2C(c3ccccc3)=C(c3ccccc3)N1C(=O)c1ccccc12. The summed E-state index contributed by atoms with van der Waals surface area (Å²) in [7, 11) is 2.00.